The van der Waals surface area contributed by atoms with Gasteiger partial charge in [0.1, 0.15) is 0 Å². The minimum Gasteiger partial charge on any atom is -0.315 e. The van der Waals surface area contributed by atoms with Crippen molar-refractivity contribution in [1.82, 2.24) is 20.0 Å². The molecule has 0 fully saturated rings. The van der Waals surface area contributed by atoms with Crippen molar-refractivity contribution in [3.05, 3.63) is 18.0 Å². The van der Waals surface area contributed by atoms with Crippen molar-refractivity contribution >= 4 is 0 Å². The molecule has 0 radical (unpaired) electrons. The number of hydrogen-bond acceptors (Lipinski definition) is 3. The van der Waals surface area contributed by atoms with E-state index >= 15 is 0 Å². The Bertz CT molecular complexity index is 391. The quantitative estimate of drug-likeness (QED) is 0.795. The first-order valence-corrected chi connectivity index (χ1v) is 7.75. The van der Waals surface area contributed by atoms with Gasteiger partial charge in [-0.15, -0.1) is 0 Å². The molecule has 1 aromatic heterocycles. The first-order chi connectivity index (χ1) is 9.36. The van der Waals surface area contributed by atoms with Gasteiger partial charge < -0.3 is 10.2 Å². The highest BCUT2D eigenvalue weighted by Crippen LogP contribution is 2.20. The molecule has 1 N–H and O–H groups in total. The number of nitrogens with one attached hydrogen (secondary N) is 1. The van der Waals surface area contributed by atoms with Crippen LogP contribution in [-0.2, 0) is 6.42 Å². The van der Waals surface area contributed by atoms with Gasteiger partial charge in [0.25, 0.3) is 0 Å². The Kier molecular flexibility index (Phi) is 6.21. The first-order valence-electron chi connectivity index (χ1n) is 7.75. The summed E-state index contributed by atoms with van der Waals surface area (Å²) in [5, 5.41) is 8.22. The van der Waals surface area contributed by atoms with E-state index in [9.17, 15) is 0 Å². The molecule has 0 spiro atoms. The first kappa shape index (κ1) is 17.2. The van der Waals surface area contributed by atoms with Gasteiger partial charge in [0.15, 0.2) is 0 Å². The SMILES string of the molecule is CCC(CC)n1ccc(CC(NC)C(C)(C)N(C)C)n1. The molecule has 0 saturated carbocycles. The average molecular weight is 280 g/mol. The molecule has 0 saturated heterocycles. The van der Waals surface area contributed by atoms with Gasteiger partial charge in [-0.2, -0.15) is 5.10 Å². The third-order valence-electron chi connectivity index (χ3n) is 4.75. The molecule has 0 bridgehead atoms. The lowest BCUT2D eigenvalue weighted by molar-refractivity contribution is 0.141. The Morgan fingerprint density at radius 2 is 1.90 bits per heavy atom. The predicted octanol–water partition coefficient (Wildman–Crippen LogP) is 2.71. The van der Waals surface area contributed by atoms with Crippen LogP contribution >= 0.6 is 0 Å². The number of aromatic nitrogens is 2. The molecule has 4 nitrogen and oxygen atoms in total. The van der Waals surface area contributed by atoms with Crippen LogP contribution in [-0.4, -0.2) is 47.4 Å². The molecule has 0 aliphatic heterocycles. The van der Waals surface area contributed by atoms with Crippen molar-refractivity contribution in [2.75, 3.05) is 21.1 Å². The van der Waals surface area contributed by atoms with Crippen LogP contribution in [0.2, 0.25) is 0 Å². The van der Waals surface area contributed by atoms with Crippen LogP contribution in [0.15, 0.2) is 12.3 Å². The molecule has 4 heteroatoms. The second-order valence-corrected chi connectivity index (χ2v) is 6.35. The lowest BCUT2D eigenvalue weighted by Gasteiger charge is -2.40. The summed E-state index contributed by atoms with van der Waals surface area (Å²) in [5.41, 5.74) is 1.26. The summed E-state index contributed by atoms with van der Waals surface area (Å²) in [6.07, 6.45) is 5.35. The maximum Gasteiger partial charge on any atom is 0.0640 e. The van der Waals surface area contributed by atoms with Crippen molar-refractivity contribution in [2.24, 2.45) is 0 Å². The summed E-state index contributed by atoms with van der Waals surface area (Å²) in [6, 6.07) is 3.06. The summed E-state index contributed by atoms with van der Waals surface area (Å²) in [7, 11) is 6.30. The van der Waals surface area contributed by atoms with E-state index in [1.54, 1.807) is 0 Å². The van der Waals surface area contributed by atoms with Crippen molar-refractivity contribution in [3.8, 4) is 0 Å². The van der Waals surface area contributed by atoms with Crippen LogP contribution in [0.1, 0.15) is 52.3 Å². The number of likely N-dealkylation sites (N-methyl/N-ethyl adjacent to an activating group) is 2. The van der Waals surface area contributed by atoms with Gasteiger partial charge in [0.05, 0.1) is 11.7 Å². The number of rotatable bonds is 8. The molecule has 1 unspecified atom stereocenters. The van der Waals surface area contributed by atoms with Gasteiger partial charge in [-0.3, -0.25) is 4.68 Å². The summed E-state index contributed by atoms with van der Waals surface area (Å²) >= 11 is 0. The lowest BCUT2D eigenvalue weighted by Crippen LogP contribution is -2.55. The summed E-state index contributed by atoms with van der Waals surface area (Å²) in [6.45, 7) is 8.99. The fourth-order valence-corrected chi connectivity index (χ4v) is 2.58. The zero-order valence-electron chi connectivity index (χ0n) is 14.3. The number of hydrogen-bond donors (Lipinski definition) is 1. The fraction of sp³-hybridized carbons (Fsp3) is 0.812. The highest BCUT2D eigenvalue weighted by molar-refractivity contribution is 5.06. The van der Waals surface area contributed by atoms with E-state index < -0.39 is 0 Å². The molecule has 1 aromatic rings. The molecule has 1 atom stereocenters. The van der Waals surface area contributed by atoms with E-state index in [2.05, 4.69) is 69.0 Å². The van der Waals surface area contributed by atoms with E-state index in [1.807, 2.05) is 7.05 Å². The molecule has 116 valence electrons. The van der Waals surface area contributed by atoms with E-state index in [-0.39, 0.29) is 5.54 Å². The standard InChI is InChI=1S/C16H32N4/c1-8-14(9-2)20-11-10-13(18-20)12-15(17-5)16(3,4)19(6)7/h10-11,14-15,17H,8-9,12H2,1-7H3. The van der Waals surface area contributed by atoms with Gasteiger partial charge in [0.2, 0.25) is 0 Å². The lowest BCUT2D eigenvalue weighted by atomic mass is 9.90. The van der Waals surface area contributed by atoms with Crippen LogP contribution in [0.4, 0.5) is 0 Å². The number of nitrogens with zero attached hydrogens (tertiary/aromatic N) is 3. The Labute approximate surface area is 124 Å². The Balaban J connectivity index is 2.81. The summed E-state index contributed by atoms with van der Waals surface area (Å²) in [4.78, 5) is 2.27. The summed E-state index contributed by atoms with van der Waals surface area (Å²) in [5.74, 6) is 0. The van der Waals surface area contributed by atoms with Gasteiger partial charge in [0, 0.05) is 24.2 Å². The molecule has 1 rings (SSSR count). The van der Waals surface area contributed by atoms with Crippen LogP contribution in [0, 0.1) is 0 Å². The van der Waals surface area contributed by atoms with Crippen LogP contribution in [0.25, 0.3) is 0 Å². The van der Waals surface area contributed by atoms with Gasteiger partial charge in [-0.1, -0.05) is 13.8 Å². The average Bonchev–Trinajstić information content (AvgIpc) is 2.85. The second kappa shape index (κ2) is 7.23. The zero-order valence-corrected chi connectivity index (χ0v) is 14.3. The Hall–Kier alpha value is -0.870. The predicted molar refractivity (Wildman–Crippen MR) is 86.2 cm³/mol. The monoisotopic (exact) mass is 280 g/mol. The van der Waals surface area contributed by atoms with E-state index in [0.717, 1.165) is 19.3 Å². The van der Waals surface area contributed by atoms with Crippen molar-refractivity contribution in [1.29, 1.82) is 0 Å². The smallest absolute Gasteiger partial charge is 0.0640 e. The second-order valence-electron chi connectivity index (χ2n) is 6.35. The minimum absolute atomic E-state index is 0.0907. The molecular weight excluding hydrogens is 248 g/mol. The van der Waals surface area contributed by atoms with Crippen molar-refractivity contribution in [3.63, 3.8) is 0 Å². The highest BCUT2D eigenvalue weighted by Gasteiger charge is 2.31. The molecule has 1 heterocycles. The van der Waals surface area contributed by atoms with Gasteiger partial charge in [-0.05, 0) is 53.9 Å². The van der Waals surface area contributed by atoms with Crippen LogP contribution in [0.3, 0.4) is 0 Å². The third-order valence-corrected chi connectivity index (χ3v) is 4.75. The zero-order chi connectivity index (χ0) is 15.3. The Morgan fingerprint density at radius 3 is 2.35 bits per heavy atom. The third kappa shape index (κ3) is 3.83. The molecular formula is C16H32N4. The molecule has 0 aliphatic rings. The topological polar surface area (TPSA) is 33.1 Å². The van der Waals surface area contributed by atoms with Crippen LogP contribution < -0.4 is 5.32 Å². The maximum atomic E-state index is 4.77. The molecule has 0 amide bonds. The summed E-state index contributed by atoms with van der Waals surface area (Å²) < 4.78 is 2.13. The largest absolute Gasteiger partial charge is 0.315 e. The molecule has 0 aromatic carbocycles. The minimum atomic E-state index is 0.0907. The van der Waals surface area contributed by atoms with Crippen LogP contribution in [0.5, 0.6) is 0 Å². The van der Waals surface area contributed by atoms with Crippen molar-refractivity contribution < 1.29 is 0 Å². The van der Waals surface area contributed by atoms with E-state index in [4.69, 9.17) is 5.10 Å². The van der Waals surface area contributed by atoms with E-state index in [0.29, 0.717) is 12.1 Å². The fourth-order valence-electron chi connectivity index (χ4n) is 2.58. The van der Waals surface area contributed by atoms with E-state index in [1.165, 1.54) is 5.69 Å². The van der Waals surface area contributed by atoms with Crippen molar-refractivity contribution in [2.45, 2.75) is 64.6 Å². The van der Waals surface area contributed by atoms with Gasteiger partial charge in [-0.25, -0.2) is 0 Å². The molecule has 0 aliphatic carbocycles. The highest BCUT2D eigenvalue weighted by atomic mass is 15.3. The van der Waals surface area contributed by atoms with Gasteiger partial charge >= 0.3 is 0 Å². The Morgan fingerprint density at radius 1 is 1.30 bits per heavy atom. The normalized spacial score (nSPS) is 14.2. The maximum absolute atomic E-state index is 4.77. The molecule has 20 heavy (non-hydrogen) atoms.